The highest BCUT2D eigenvalue weighted by molar-refractivity contribution is 5.99. The number of carbonyl (C=O) groups excluding carboxylic acids is 1. The van der Waals surface area contributed by atoms with Crippen LogP contribution in [0.1, 0.15) is 26.7 Å². The highest BCUT2D eigenvalue weighted by Gasteiger charge is 2.18. The van der Waals surface area contributed by atoms with Crippen LogP contribution in [0.4, 0.5) is 0 Å². The second-order valence-electron chi connectivity index (χ2n) is 3.67. The smallest absolute Gasteiger partial charge is 0.181 e. The van der Waals surface area contributed by atoms with Crippen LogP contribution in [0.5, 0.6) is 0 Å². The van der Waals surface area contributed by atoms with E-state index in [0.29, 0.717) is 11.7 Å². The van der Waals surface area contributed by atoms with Crippen LogP contribution >= 0.6 is 0 Å². The SMILES string of the molecule is CC(C)C(=O)/C(N)=C/C=NC1CC1. The number of aliphatic imine (C=N–C) groups is 1. The van der Waals surface area contributed by atoms with E-state index < -0.39 is 0 Å². The summed E-state index contributed by atoms with van der Waals surface area (Å²) in [7, 11) is 0. The van der Waals surface area contributed by atoms with E-state index in [0.717, 1.165) is 0 Å². The summed E-state index contributed by atoms with van der Waals surface area (Å²) in [5.74, 6) is -0.0483. The average Bonchev–Trinajstić information content (AvgIpc) is 2.86. The summed E-state index contributed by atoms with van der Waals surface area (Å²) in [6, 6.07) is 0.484. The maximum atomic E-state index is 11.3. The minimum absolute atomic E-state index is 0.0118. The van der Waals surface area contributed by atoms with Gasteiger partial charge in [-0.3, -0.25) is 9.79 Å². The lowest BCUT2D eigenvalue weighted by Gasteiger charge is -2.01. The fraction of sp³-hybridized carbons (Fsp3) is 0.600. The Kier molecular flexibility index (Phi) is 3.23. The molecule has 0 aliphatic heterocycles. The minimum Gasteiger partial charge on any atom is -0.396 e. The molecular weight excluding hydrogens is 164 g/mol. The average molecular weight is 180 g/mol. The van der Waals surface area contributed by atoms with Crippen LogP contribution in [0.15, 0.2) is 16.8 Å². The zero-order chi connectivity index (χ0) is 9.84. The molecule has 0 unspecified atom stereocenters. The Hall–Kier alpha value is -1.12. The molecule has 13 heavy (non-hydrogen) atoms. The number of ketones is 1. The van der Waals surface area contributed by atoms with Crippen LogP contribution in [0.25, 0.3) is 0 Å². The van der Waals surface area contributed by atoms with E-state index in [1.54, 1.807) is 12.3 Å². The Morgan fingerprint density at radius 1 is 1.54 bits per heavy atom. The Bertz CT molecular complexity index is 250. The highest BCUT2D eigenvalue weighted by Crippen LogP contribution is 2.22. The molecule has 0 aromatic carbocycles. The number of hydrogen-bond donors (Lipinski definition) is 1. The van der Waals surface area contributed by atoms with E-state index in [9.17, 15) is 4.79 Å². The number of hydrogen-bond acceptors (Lipinski definition) is 3. The third kappa shape index (κ3) is 3.40. The molecule has 0 bridgehead atoms. The third-order valence-electron chi connectivity index (χ3n) is 1.91. The molecule has 3 nitrogen and oxygen atoms in total. The molecule has 72 valence electrons. The Morgan fingerprint density at radius 3 is 2.62 bits per heavy atom. The minimum atomic E-state index is -0.0365. The highest BCUT2D eigenvalue weighted by atomic mass is 16.1. The summed E-state index contributed by atoms with van der Waals surface area (Å²) in [5.41, 5.74) is 5.85. The number of carbonyl (C=O) groups is 1. The summed E-state index contributed by atoms with van der Waals surface area (Å²) in [5, 5.41) is 0. The first kappa shape index (κ1) is 9.96. The normalized spacial score (nSPS) is 18.5. The largest absolute Gasteiger partial charge is 0.396 e. The maximum absolute atomic E-state index is 11.3. The predicted octanol–water partition coefficient (Wildman–Crippen LogP) is 1.29. The molecule has 1 rings (SSSR count). The first-order chi connectivity index (χ1) is 6.11. The molecule has 0 amide bonds. The van der Waals surface area contributed by atoms with E-state index in [1.807, 2.05) is 13.8 Å². The standard InChI is InChI=1S/C10H16N2O/c1-7(2)10(13)9(11)5-6-12-8-3-4-8/h5-8H,3-4,11H2,1-2H3/b9-5-,12-6?. The van der Waals surface area contributed by atoms with Crippen LogP contribution < -0.4 is 5.73 Å². The van der Waals surface area contributed by atoms with Crippen molar-refractivity contribution in [2.75, 3.05) is 0 Å². The summed E-state index contributed by atoms with van der Waals surface area (Å²) < 4.78 is 0. The second kappa shape index (κ2) is 4.21. The van der Waals surface area contributed by atoms with Crippen LogP contribution in [0.2, 0.25) is 0 Å². The summed E-state index contributed by atoms with van der Waals surface area (Å²) in [4.78, 5) is 15.5. The fourth-order valence-corrected chi connectivity index (χ4v) is 0.884. The van der Waals surface area contributed by atoms with E-state index in [2.05, 4.69) is 4.99 Å². The van der Waals surface area contributed by atoms with Crippen molar-refractivity contribution in [3.05, 3.63) is 11.8 Å². The molecule has 0 atom stereocenters. The van der Waals surface area contributed by atoms with Crippen LogP contribution in [0, 0.1) is 5.92 Å². The van der Waals surface area contributed by atoms with Gasteiger partial charge in [0.15, 0.2) is 5.78 Å². The number of allylic oxidation sites excluding steroid dienone is 2. The van der Waals surface area contributed by atoms with Crippen molar-refractivity contribution in [3.8, 4) is 0 Å². The molecule has 1 aliphatic rings. The number of Topliss-reactive ketones (excluding diaryl/α,β-unsaturated/α-hetero) is 1. The van der Waals surface area contributed by atoms with Gasteiger partial charge in [0.25, 0.3) is 0 Å². The number of nitrogens with zero attached hydrogens (tertiary/aromatic N) is 1. The summed E-state index contributed by atoms with van der Waals surface area (Å²) in [6.45, 7) is 3.67. The van der Waals surface area contributed by atoms with Crippen molar-refractivity contribution in [2.45, 2.75) is 32.7 Å². The van der Waals surface area contributed by atoms with Gasteiger partial charge in [0.1, 0.15) is 0 Å². The van der Waals surface area contributed by atoms with Crippen molar-refractivity contribution >= 4 is 12.0 Å². The van der Waals surface area contributed by atoms with Gasteiger partial charge in [-0.25, -0.2) is 0 Å². The Morgan fingerprint density at radius 2 is 2.15 bits per heavy atom. The van der Waals surface area contributed by atoms with E-state index in [4.69, 9.17) is 5.73 Å². The van der Waals surface area contributed by atoms with Crippen molar-refractivity contribution in [1.29, 1.82) is 0 Å². The van der Waals surface area contributed by atoms with Crippen molar-refractivity contribution in [1.82, 2.24) is 0 Å². The zero-order valence-corrected chi connectivity index (χ0v) is 8.16. The van der Waals surface area contributed by atoms with Gasteiger partial charge in [0.2, 0.25) is 0 Å². The van der Waals surface area contributed by atoms with Gasteiger partial charge in [-0.05, 0) is 18.9 Å². The molecule has 0 aromatic rings. The lowest BCUT2D eigenvalue weighted by molar-refractivity contribution is -0.118. The molecule has 1 fully saturated rings. The lowest BCUT2D eigenvalue weighted by atomic mass is 10.1. The van der Waals surface area contributed by atoms with Crippen LogP contribution in [-0.2, 0) is 4.79 Å². The van der Waals surface area contributed by atoms with Gasteiger partial charge in [0, 0.05) is 12.1 Å². The number of nitrogens with two attached hydrogens (primary N) is 1. The Labute approximate surface area is 78.7 Å². The molecule has 0 spiro atoms. The van der Waals surface area contributed by atoms with E-state index in [1.165, 1.54) is 12.8 Å². The summed E-state index contributed by atoms with van der Waals surface area (Å²) >= 11 is 0. The third-order valence-corrected chi connectivity index (χ3v) is 1.91. The second-order valence-corrected chi connectivity index (χ2v) is 3.67. The molecule has 0 aromatic heterocycles. The maximum Gasteiger partial charge on any atom is 0.181 e. The predicted molar refractivity (Wildman–Crippen MR) is 53.6 cm³/mol. The fourth-order valence-electron chi connectivity index (χ4n) is 0.884. The van der Waals surface area contributed by atoms with Gasteiger partial charge in [-0.1, -0.05) is 13.8 Å². The van der Waals surface area contributed by atoms with Crippen molar-refractivity contribution in [3.63, 3.8) is 0 Å². The van der Waals surface area contributed by atoms with Gasteiger partial charge in [0.05, 0.1) is 11.7 Å². The van der Waals surface area contributed by atoms with Gasteiger partial charge < -0.3 is 5.73 Å². The van der Waals surface area contributed by atoms with E-state index >= 15 is 0 Å². The van der Waals surface area contributed by atoms with E-state index in [-0.39, 0.29) is 11.7 Å². The van der Waals surface area contributed by atoms with Crippen molar-refractivity contribution in [2.24, 2.45) is 16.6 Å². The monoisotopic (exact) mass is 180 g/mol. The molecule has 0 heterocycles. The first-order valence-electron chi connectivity index (χ1n) is 4.64. The number of rotatable bonds is 4. The molecule has 1 saturated carbocycles. The molecule has 3 heteroatoms. The van der Waals surface area contributed by atoms with Gasteiger partial charge in [-0.15, -0.1) is 0 Å². The zero-order valence-electron chi connectivity index (χ0n) is 8.16. The van der Waals surface area contributed by atoms with Crippen LogP contribution in [0.3, 0.4) is 0 Å². The summed E-state index contributed by atoms with van der Waals surface area (Å²) in [6.07, 6.45) is 5.58. The van der Waals surface area contributed by atoms with Crippen molar-refractivity contribution < 1.29 is 4.79 Å². The lowest BCUT2D eigenvalue weighted by Crippen LogP contribution is -2.16. The van der Waals surface area contributed by atoms with Gasteiger partial charge >= 0.3 is 0 Å². The topological polar surface area (TPSA) is 55.5 Å². The van der Waals surface area contributed by atoms with Gasteiger partial charge in [-0.2, -0.15) is 0 Å². The molecule has 0 saturated heterocycles. The molecular formula is C10H16N2O. The Balaban J connectivity index is 2.44. The quantitative estimate of drug-likeness (QED) is 0.523. The first-order valence-corrected chi connectivity index (χ1v) is 4.64. The molecule has 2 N–H and O–H groups in total. The molecule has 0 radical (unpaired) electrons. The molecule has 1 aliphatic carbocycles. The van der Waals surface area contributed by atoms with Crippen LogP contribution in [-0.4, -0.2) is 18.0 Å².